The fraction of sp³-hybridized carbons (Fsp3) is 0.818. The fourth-order valence-electron chi connectivity index (χ4n) is 8.90. The first-order chi connectivity index (χ1) is 18.8. The second kappa shape index (κ2) is 12.3. The molecule has 10 atom stereocenters. The predicted molar refractivity (Wildman–Crippen MR) is 155 cm³/mol. The molecular weight excluding hydrogens is 508 g/mol. The first-order valence-electron chi connectivity index (χ1n) is 15.5. The molecule has 1 heterocycles. The summed E-state index contributed by atoms with van der Waals surface area (Å²) < 4.78 is 5.93. The van der Waals surface area contributed by atoms with Crippen molar-refractivity contribution in [2.24, 2.45) is 28.6 Å². The van der Waals surface area contributed by atoms with Gasteiger partial charge in [-0.3, -0.25) is 0 Å². The van der Waals surface area contributed by atoms with Crippen LogP contribution in [-0.2, 0) is 4.74 Å². The molecule has 40 heavy (non-hydrogen) atoms. The van der Waals surface area contributed by atoms with Crippen LogP contribution in [0.4, 0.5) is 0 Å². The summed E-state index contributed by atoms with van der Waals surface area (Å²) in [6.07, 6.45) is 9.31. The number of aliphatic hydroxyl groups excluding tert-OH is 6. The predicted octanol–water partition coefficient (Wildman–Crippen LogP) is 3.80. The van der Waals surface area contributed by atoms with E-state index in [-0.39, 0.29) is 5.41 Å². The molecule has 0 aromatic rings. The highest BCUT2D eigenvalue weighted by Crippen LogP contribution is 2.60. The average molecular weight is 563 g/mol. The third-order valence-electron chi connectivity index (χ3n) is 11.6. The molecule has 1 aliphatic heterocycles. The van der Waals surface area contributed by atoms with E-state index < -0.39 is 54.7 Å². The lowest BCUT2D eigenvalue weighted by Gasteiger charge is -2.46. The van der Waals surface area contributed by atoms with E-state index in [0.29, 0.717) is 30.6 Å². The van der Waals surface area contributed by atoms with Crippen LogP contribution in [0.25, 0.3) is 0 Å². The lowest BCUT2D eigenvalue weighted by Crippen LogP contribution is -2.56. The Labute approximate surface area is 240 Å². The quantitative estimate of drug-likeness (QED) is 0.252. The lowest BCUT2D eigenvalue weighted by atomic mass is 9.60. The summed E-state index contributed by atoms with van der Waals surface area (Å²) in [4.78, 5) is 0. The summed E-state index contributed by atoms with van der Waals surface area (Å²) in [5.74, 6) is 1.69. The fourth-order valence-corrected chi connectivity index (χ4v) is 8.90. The standard InChI is InChI=1S/C33H54O7/c1-20(8-6-14-31(3,4)33(19-35)30(39)29(38)28(18-34)40-33)25-12-13-26-22(9-7-15-32(25,26)5)10-11-23-16-24(36)17-27(37)21(23)2/h10-11,20,24-30,34-39H,2,6-9,12-19H2,1,3-5H3/b22-10?,23-11-/t20-,24-,25-,26?,27-,28-,29-,30+,32-,33+/m1/s1. The minimum absolute atomic E-state index is 0.246. The van der Waals surface area contributed by atoms with Crippen molar-refractivity contribution in [3.63, 3.8) is 0 Å². The van der Waals surface area contributed by atoms with Crippen LogP contribution in [0.5, 0.6) is 0 Å². The molecule has 7 heteroatoms. The van der Waals surface area contributed by atoms with Gasteiger partial charge in [-0.1, -0.05) is 64.8 Å². The molecule has 4 aliphatic rings. The van der Waals surface area contributed by atoms with Gasteiger partial charge in [0.1, 0.15) is 23.9 Å². The second-order valence-corrected chi connectivity index (χ2v) is 14.2. The minimum atomic E-state index is -1.30. The maximum atomic E-state index is 10.8. The number of rotatable bonds is 9. The number of allylic oxidation sites excluding steroid dienone is 3. The van der Waals surface area contributed by atoms with Crippen molar-refractivity contribution in [2.45, 2.75) is 128 Å². The van der Waals surface area contributed by atoms with Gasteiger partial charge in [-0.15, -0.1) is 0 Å². The highest BCUT2D eigenvalue weighted by atomic mass is 16.6. The Balaban J connectivity index is 1.40. The van der Waals surface area contributed by atoms with Crippen molar-refractivity contribution in [1.82, 2.24) is 0 Å². The Hall–Kier alpha value is -1.06. The van der Waals surface area contributed by atoms with E-state index in [2.05, 4.69) is 32.6 Å². The highest BCUT2D eigenvalue weighted by molar-refractivity contribution is 5.38. The third kappa shape index (κ3) is 5.64. The van der Waals surface area contributed by atoms with E-state index in [1.807, 2.05) is 13.8 Å². The molecule has 0 radical (unpaired) electrons. The van der Waals surface area contributed by atoms with Crippen LogP contribution in [0.3, 0.4) is 0 Å². The van der Waals surface area contributed by atoms with Crippen LogP contribution in [0.2, 0.25) is 0 Å². The zero-order chi connectivity index (χ0) is 29.5. The van der Waals surface area contributed by atoms with Crippen molar-refractivity contribution in [2.75, 3.05) is 13.2 Å². The Morgan fingerprint density at radius 2 is 1.85 bits per heavy atom. The van der Waals surface area contributed by atoms with E-state index >= 15 is 0 Å². The summed E-state index contributed by atoms with van der Waals surface area (Å²) in [6, 6.07) is 0. The van der Waals surface area contributed by atoms with Crippen LogP contribution < -0.4 is 0 Å². The van der Waals surface area contributed by atoms with Gasteiger partial charge in [0.15, 0.2) is 0 Å². The van der Waals surface area contributed by atoms with Crippen LogP contribution in [-0.4, -0.2) is 80.0 Å². The zero-order valence-electron chi connectivity index (χ0n) is 25.1. The van der Waals surface area contributed by atoms with E-state index in [9.17, 15) is 30.6 Å². The van der Waals surface area contributed by atoms with Gasteiger partial charge >= 0.3 is 0 Å². The molecule has 4 rings (SSSR count). The second-order valence-electron chi connectivity index (χ2n) is 14.2. The molecule has 0 aromatic carbocycles. The van der Waals surface area contributed by atoms with Crippen molar-refractivity contribution in [1.29, 1.82) is 0 Å². The van der Waals surface area contributed by atoms with E-state index in [1.54, 1.807) is 0 Å². The zero-order valence-corrected chi connectivity index (χ0v) is 25.1. The first kappa shape index (κ1) is 31.9. The summed E-state index contributed by atoms with van der Waals surface area (Å²) >= 11 is 0. The molecule has 7 nitrogen and oxygen atoms in total. The number of aliphatic hydroxyl groups is 6. The molecule has 3 aliphatic carbocycles. The highest BCUT2D eigenvalue weighted by Gasteiger charge is 2.60. The maximum Gasteiger partial charge on any atom is 0.125 e. The van der Waals surface area contributed by atoms with Gasteiger partial charge in [-0.25, -0.2) is 0 Å². The Bertz CT molecular complexity index is 972. The van der Waals surface area contributed by atoms with Crippen LogP contribution in [0.15, 0.2) is 35.5 Å². The summed E-state index contributed by atoms with van der Waals surface area (Å²) in [6.45, 7) is 12.0. The number of hydrogen-bond acceptors (Lipinski definition) is 7. The molecule has 0 aromatic heterocycles. The van der Waals surface area contributed by atoms with E-state index in [4.69, 9.17) is 4.74 Å². The Morgan fingerprint density at radius 3 is 2.50 bits per heavy atom. The monoisotopic (exact) mass is 562 g/mol. The van der Waals surface area contributed by atoms with Crippen molar-refractivity contribution in [3.05, 3.63) is 35.5 Å². The van der Waals surface area contributed by atoms with Crippen LogP contribution >= 0.6 is 0 Å². The topological polar surface area (TPSA) is 131 Å². The molecule has 0 bridgehead atoms. The van der Waals surface area contributed by atoms with Gasteiger partial charge in [-0.2, -0.15) is 0 Å². The normalized spacial score (nSPS) is 43.5. The van der Waals surface area contributed by atoms with E-state index in [0.717, 1.165) is 36.8 Å². The molecule has 4 fully saturated rings. The molecule has 1 saturated heterocycles. The van der Waals surface area contributed by atoms with Crippen LogP contribution in [0.1, 0.15) is 91.9 Å². The van der Waals surface area contributed by atoms with Gasteiger partial charge < -0.3 is 35.4 Å². The van der Waals surface area contributed by atoms with Gasteiger partial charge in [0.2, 0.25) is 0 Å². The number of fused-ring (bicyclic) bond motifs is 1. The van der Waals surface area contributed by atoms with Crippen LogP contribution in [0, 0.1) is 28.6 Å². The smallest absolute Gasteiger partial charge is 0.125 e. The minimum Gasteiger partial charge on any atom is -0.394 e. The SMILES string of the molecule is C=C1/C(=C\C=C2CCC[C@@]3(C)C2CC[C@@H]3[C@H](C)CCCC(C)(C)[C@@]2(CO)O[C@H](CO)[C@@H](O)[C@@H]2O)C[C@@H](O)C[C@H]1O. The molecule has 3 saturated carbocycles. The van der Waals surface area contributed by atoms with Crippen molar-refractivity contribution >= 4 is 0 Å². The van der Waals surface area contributed by atoms with Gasteiger partial charge in [0.05, 0.1) is 25.4 Å². The number of ether oxygens (including phenoxy) is 1. The van der Waals surface area contributed by atoms with E-state index in [1.165, 1.54) is 31.3 Å². The Morgan fingerprint density at radius 1 is 1.12 bits per heavy atom. The summed E-state index contributed by atoms with van der Waals surface area (Å²) in [7, 11) is 0. The van der Waals surface area contributed by atoms with Crippen molar-refractivity contribution in [3.8, 4) is 0 Å². The maximum absolute atomic E-state index is 10.8. The Kier molecular flexibility index (Phi) is 9.78. The number of hydrogen-bond donors (Lipinski definition) is 6. The van der Waals surface area contributed by atoms with Crippen molar-refractivity contribution < 1.29 is 35.4 Å². The molecular formula is C33H54O7. The molecule has 0 spiro atoms. The third-order valence-corrected chi connectivity index (χ3v) is 11.6. The van der Waals surface area contributed by atoms with Gasteiger partial charge in [0, 0.05) is 6.42 Å². The van der Waals surface area contributed by atoms with Gasteiger partial charge in [-0.05, 0) is 84.7 Å². The summed E-state index contributed by atoms with van der Waals surface area (Å²) in [5, 5.41) is 61.4. The lowest BCUT2D eigenvalue weighted by molar-refractivity contribution is -0.182. The first-order valence-corrected chi connectivity index (χ1v) is 15.5. The summed E-state index contributed by atoms with van der Waals surface area (Å²) in [5.41, 5.74) is 1.55. The molecule has 0 amide bonds. The molecule has 6 N–H and O–H groups in total. The molecule has 228 valence electrons. The largest absolute Gasteiger partial charge is 0.394 e. The molecule has 1 unspecified atom stereocenters. The average Bonchev–Trinajstić information content (AvgIpc) is 3.39. The van der Waals surface area contributed by atoms with Gasteiger partial charge in [0.25, 0.3) is 0 Å².